The summed E-state index contributed by atoms with van der Waals surface area (Å²) in [5.41, 5.74) is 0.746. The molecular formula is C17H28N4O. The molecule has 5 heteroatoms. The van der Waals surface area contributed by atoms with Gasteiger partial charge in [0, 0.05) is 31.9 Å². The van der Waals surface area contributed by atoms with Crippen LogP contribution in [0.5, 0.6) is 0 Å². The van der Waals surface area contributed by atoms with Gasteiger partial charge in [0.25, 0.3) is 5.91 Å². The van der Waals surface area contributed by atoms with E-state index in [1.165, 1.54) is 32.4 Å². The molecule has 1 amide bonds. The summed E-state index contributed by atoms with van der Waals surface area (Å²) >= 11 is 0. The van der Waals surface area contributed by atoms with Gasteiger partial charge in [-0.15, -0.1) is 0 Å². The number of piperidine rings is 1. The van der Waals surface area contributed by atoms with Gasteiger partial charge in [-0.05, 0) is 64.6 Å². The van der Waals surface area contributed by atoms with Crippen LogP contribution in [0.2, 0.25) is 0 Å². The van der Waals surface area contributed by atoms with Crippen molar-refractivity contribution in [3.63, 3.8) is 0 Å². The van der Waals surface area contributed by atoms with Crippen molar-refractivity contribution in [2.24, 2.45) is 0 Å². The summed E-state index contributed by atoms with van der Waals surface area (Å²) in [6.45, 7) is 7.30. The zero-order valence-corrected chi connectivity index (χ0v) is 13.7. The molecule has 2 aliphatic rings. The Kier molecular flexibility index (Phi) is 5.13. The second-order valence-corrected chi connectivity index (χ2v) is 6.52. The number of rotatable bonds is 5. The maximum absolute atomic E-state index is 12.9. The molecule has 0 radical (unpaired) electrons. The van der Waals surface area contributed by atoms with Gasteiger partial charge in [0.1, 0.15) is 5.69 Å². The first kappa shape index (κ1) is 15.5. The molecule has 3 rings (SSSR count). The highest BCUT2D eigenvalue weighted by Gasteiger charge is 2.29. The molecule has 0 N–H and O–H groups in total. The molecule has 122 valence electrons. The molecule has 5 nitrogen and oxygen atoms in total. The monoisotopic (exact) mass is 304 g/mol. The summed E-state index contributed by atoms with van der Waals surface area (Å²) in [7, 11) is 0. The Morgan fingerprint density at radius 3 is 2.77 bits per heavy atom. The smallest absolute Gasteiger partial charge is 0.272 e. The predicted molar refractivity (Wildman–Crippen MR) is 86.9 cm³/mol. The SMILES string of the molecule is CCn1nccc1C(=O)N1CCCC[C@@H]1CCN1CCCC1. The fraction of sp³-hybridized carbons (Fsp3) is 0.765. The van der Waals surface area contributed by atoms with Gasteiger partial charge < -0.3 is 9.80 Å². The van der Waals surface area contributed by atoms with Gasteiger partial charge in [-0.3, -0.25) is 9.48 Å². The minimum Gasteiger partial charge on any atom is -0.334 e. The van der Waals surface area contributed by atoms with Gasteiger partial charge in [0.2, 0.25) is 0 Å². The van der Waals surface area contributed by atoms with Gasteiger partial charge in [-0.1, -0.05) is 0 Å². The first-order chi connectivity index (χ1) is 10.8. The second kappa shape index (κ2) is 7.27. The Bertz CT molecular complexity index is 493. The molecule has 2 aliphatic heterocycles. The lowest BCUT2D eigenvalue weighted by molar-refractivity contribution is 0.0575. The molecule has 0 aliphatic carbocycles. The summed E-state index contributed by atoms with van der Waals surface area (Å²) in [6.07, 6.45) is 9.06. The first-order valence-corrected chi connectivity index (χ1v) is 8.84. The Balaban J connectivity index is 1.64. The van der Waals surface area contributed by atoms with E-state index in [0.29, 0.717) is 6.04 Å². The lowest BCUT2D eigenvalue weighted by Crippen LogP contribution is -2.45. The van der Waals surface area contributed by atoms with E-state index < -0.39 is 0 Å². The largest absolute Gasteiger partial charge is 0.334 e. The van der Waals surface area contributed by atoms with E-state index in [1.807, 2.05) is 17.7 Å². The summed E-state index contributed by atoms with van der Waals surface area (Å²) in [4.78, 5) is 17.6. The number of nitrogens with zero attached hydrogens (tertiary/aromatic N) is 4. The van der Waals surface area contributed by atoms with Crippen LogP contribution in [0.3, 0.4) is 0 Å². The number of carbonyl (C=O) groups excluding carboxylic acids is 1. The Morgan fingerprint density at radius 1 is 1.23 bits per heavy atom. The van der Waals surface area contributed by atoms with Crippen molar-refractivity contribution in [3.05, 3.63) is 18.0 Å². The molecule has 2 fully saturated rings. The standard InChI is InChI=1S/C17H28N4O/c1-2-21-16(8-10-18-21)17(22)20-13-4-3-7-15(20)9-14-19-11-5-6-12-19/h8,10,15H,2-7,9,11-14H2,1H3/t15-/m1/s1. The molecule has 1 aromatic heterocycles. The normalized spacial score (nSPS) is 23.1. The third-order valence-corrected chi connectivity index (χ3v) is 5.10. The minimum atomic E-state index is 0.172. The molecule has 0 saturated carbocycles. The van der Waals surface area contributed by atoms with Crippen LogP contribution in [0.15, 0.2) is 12.3 Å². The second-order valence-electron chi connectivity index (χ2n) is 6.52. The van der Waals surface area contributed by atoms with E-state index in [-0.39, 0.29) is 5.91 Å². The lowest BCUT2D eigenvalue weighted by Gasteiger charge is -2.36. The molecule has 0 bridgehead atoms. The molecule has 2 saturated heterocycles. The van der Waals surface area contributed by atoms with Crippen molar-refractivity contribution in [1.29, 1.82) is 0 Å². The summed E-state index contributed by atoms with van der Waals surface area (Å²) in [6, 6.07) is 2.26. The number of hydrogen-bond acceptors (Lipinski definition) is 3. The fourth-order valence-corrected chi connectivity index (χ4v) is 3.82. The van der Waals surface area contributed by atoms with Crippen LogP contribution in [0.25, 0.3) is 0 Å². The van der Waals surface area contributed by atoms with Gasteiger partial charge in [-0.25, -0.2) is 0 Å². The van der Waals surface area contributed by atoms with Crippen molar-refractivity contribution in [3.8, 4) is 0 Å². The fourth-order valence-electron chi connectivity index (χ4n) is 3.82. The van der Waals surface area contributed by atoms with Crippen molar-refractivity contribution >= 4 is 5.91 Å². The number of carbonyl (C=O) groups is 1. The zero-order valence-electron chi connectivity index (χ0n) is 13.7. The molecule has 0 aromatic carbocycles. The average Bonchev–Trinajstić information content (AvgIpc) is 3.23. The van der Waals surface area contributed by atoms with Crippen LogP contribution < -0.4 is 0 Å². The number of aryl methyl sites for hydroxylation is 1. The van der Waals surface area contributed by atoms with Crippen molar-refractivity contribution in [1.82, 2.24) is 19.6 Å². The molecule has 1 atom stereocenters. The lowest BCUT2D eigenvalue weighted by atomic mass is 9.98. The van der Waals surface area contributed by atoms with Crippen LogP contribution >= 0.6 is 0 Å². The van der Waals surface area contributed by atoms with Crippen LogP contribution in [-0.2, 0) is 6.54 Å². The summed E-state index contributed by atoms with van der Waals surface area (Å²) in [5.74, 6) is 0.172. The van der Waals surface area contributed by atoms with Gasteiger partial charge in [0.15, 0.2) is 0 Å². The Labute approximate surface area is 133 Å². The average molecular weight is 304 g/mol. The molecular weight excluding hydrogens is 276 g/mol. The molecule has 1 aromatic rings. The van der Waals surface area contributed by atoms with Gasteiger partial charge in [-0.2, -0.15) is 5.10 Å². The van der Waals surface area contributed by atoms with Crippen molar-refractivity contribution in [2.75, 3.05) is 26.2 Å². The van der Waals surface area contributed by atoms with Crippen molar-refractivity contribution < 1.29 is 4.79 Å². The maximum Gasteiger partial charge on any atom is 0.272 e. The quantitative estimate of drug-likeness (QED) is 0.838. The van der Waals surface area contributed by atoms with Crippen LogP contribution in [0.1, 0.15) is 55.9 Å². The molecule has 3 heterocycles. The van der Waals surface area contributed by atoms with Crippen molar-refractivity contribution in [2.45, 2.75) is 58.0 Å². The summed E-state index contributed by atoms with van der Waals surface area (Å²) < 4.78 is 1.81. The highest BCUT2D eigenvalue weighted by atomic mass is 16.2. The van der Waals surface area contributed by atoms with Crippen LogP contribution in [0.4, 0.5) is 0 Å². The first-order valence-electron chi connectivity index (χ1n) is 8.84. The van der Waals surface area contributed by atoms with Gasteiger partial charge >= 0.3 is 0 Å². The van der Waals surface area contributed by atoms with E-state index in [4.69, 9.17) is 0 Å². The zero-order chi connectivity index (χ0) is 15.4. The van der Waals surface area contributed by atoms with Crippen LogP contribution in [0, 0.1) is 0 Å². The van der Waals surface area contributed by atoms with E-state index in [1.54, 1.807) is 6.20 Å². The minimum absolute atomic E-state index is 0.172. The summed E-state index contributed by atoms with van der Waals surface area (Å²) in [5, 5.41) is 4.25. The van der Waals surface area contributed by atoms with Crippen LogP contribution in [-0.4, -0.2) is 57.7 Å². The molecule has 0 unspecified atom stereocenters. The number of likely N-dealkylation sites (tertiary alicyclic amines) is 2. The maximum atomic E-state index is 12.9. The van der Waals surface area contributed by atoms with E-state index >= 15 is 0 Å². The molecule has 0 spiro atoms. The number of hydrogen-bond donors (Lipinski definition) is 0. The van der Waals surface area contributed by atoms with Gasteiger partial charge in [0.05, 0.1) is 0 Å². The Hall–Kier alpha value is -1.36. The number of aromatic nitrogens is 2. The third kappa shape index (κ3) is 3.35. The number of amides is 1. The Morgan fingerprint density at radius 2 is 2.00 bits per heavy atom. The highest BCUT2D eigenvalue weighted by Crippen LogP contribution is 2.23. The topological polar surface area (TPSA) is 41.4 Å². The highest BCUT2D eigenvalue weighted by molar-refractivity contribution is 5.92. The van der Waals surface area contributed by atoms with E-state index in [0.717, 1.165) is 44.6 Å². The van der Waals surface area contributed by atoms with E-state index in [2.05, 4.69) is 14.9 Å². The molecule has 22 heavy (non-hydrogen) atoms. The third-order valence-electron chi connectivity index (χ3n) is 5.10. The van der Waals surface area contributed by atoms with E-state index in [9.17, 15) is 4.79 Å². The predicted octanol–water partition coefficient (Wildman–Crippen LogP) is 2.38.